The summed E-state index contributed by atoms with van der Waals surface area (Å²) in [7, 11) is -4.11. The van der Waals surface area contributed by atoms with Crippen molar-refractivity contribution in [2.75, 3.05) is 13.1 Å². The predicted octanol–water partition coefficient (Wildman–Crippen LogP) is 4.83. The molecule has 0 aliphatic rings. The summed E-state index contributed by atoms with van der Waals surface area (Å²) in [4.78, 5) is 11.5. The largest absolute Gasteiger partial charge is 0.489 e. The van der Waals surface area contributed by atoms with Gasteiger partial charge in [0.25, 0.3) is 0 Å². The number of nitrogens with one attached hydrogen (secondary N) is 1. The molecule has 41 heavy (non-hydrogen) atoms. The fourth-order valence-corrected chi connectivity index (χ4v) is 6.09. The van der Waals surface area contributed by atoms with Gasteiger partial charge in [0.1, 0.15) is 12.4 Å². The van der Waals surface area contributed by atoms with E-state index in [1.807, 2.05) is 62.4 Å². The van der Waals surface area contributed by atoms with Crippen LogP contribution < -0.4 is 10.1 Å². The van der Waals surface area contributed by atoms with E-state index in [0.717, 1.165) is 11.1 Å². The van der Waals surface area contributed by atoms with Crippen molar-refractivity contribution >= 4 is 16.1 Å². The number of nitrogens with zero attached hydrogens (tertiary/aromatic N) is 2. The van der Waals surface area contributed by atoms with Crippen molar-refractivity contribution < 1.29 is 28.2 Å². The number of amides is 1. The number of carbonyl (C=O) groups is 1. The van der Waals surface area contributed by atoms with Gasteiger partial charge in [0.05, 0.1) is 23.1 Å². The first-order valence-electron chi connectivity index (χ1n) is 13.4. The highest BCUT2D eigenvalue weighted by molar-refractivity contribution is 7.89. The van der Waals surface area contributed by atoms with E-state index < -0.39 is 33.7 Å². The van der Waals surface area contributed by atoms with Gasteiger partial charge in [0, 0.05) is 19.5 Å². The second kappa shape index (κ2) is 14.6. The number of hydrogen-bond acceptors (Lipinski definition) is 6. The van der Waals surface area contributed by atoms with Crippen LogP contribution >= 0.6 is 0 Å². The summed E-state index contributed by atoms with van der Waals surface area (Å²) in [6.45, 7) is 3.72. The monoisotopic (exact) mass is 579 g/mol. The van der Waals surface area contributed by atoms with Gasteiger partial charge in [-0.25, -0.2) is 13.2 Å². The predicted molar refractivity (Wildman–Crippen MR) is 156 cm³/mol. The van der Waals surface area contributed by atoms with Crippen molar-refractivity contribution in [1.29, 1.82) is 5.26 Å². The normalized spacial score (nSPS) is 13.2. The standard InChI is InChI=1S/C31H37N3O6S/c1-31(2,18-9-19-32)23-34(21-29(35)28(33-30(36)37)20-24-10-5-3-6-11-24)41(38,39)27-16-14-26(15-17-27)40-22-25-12-7-4-8-13-25/h3-8,10-17,28-29,33,35H,9,18,20-23H2,1-2H3,(H,36,37)/t28-,29+/m0/s1. The molecule has 0 saturated carbocycles. The Labute approximate surface area is 242 Å². The van der Waals surface area contributed by atoms with Gasteiger partial charge < -0.3 is 20.3 Å². The lowest BCUT2D eigenvalue weighted by atomic mass is 9.88. The van der Waals surface area contributed by atoms with Gasteiger partial charge >= 0.3 is 6.09 Å². The van der Waals surface area contributed by atoms with Gasteiger partial charge in [0.15, 0.2) is 0 Å². The molecule has 10 heteroatoms. The minimum Gasteiger partial charge on any atom is -0.489 e. The maximum Gasteiger partial charge on any atom is 0.404 e. The van der Waals surface area contributed by atoms with Gasteiger partial charge in [-0.05, 0) is 53.6 Å². The Hall–Kier alpha value is -3.91. The minimum atomic E-state index is -4.11. The van der Waals surface area contributed by atoms with Crippen molar-refractivity contribution in [3.8, 4) is 11.8 Å². The Balaban J connectivity index is 1.84. The maximum atomic E-state index is 13.9. The second-order valence-electron chi connectivity index (χ2n) is 10.7. The SMILES string of the molecule is CC(C)(CCC#N)CN(C[C@@H](O)[C@H](Cc1ccccc1)NC(=O)O)S(=O)(=O)c1ccc(OCc2ccccc2)cc1. The summed E-state index contributed by atoms with van der Waals surface area (Å²) >= 11 is 0. The van der Waals surface area contributed by atoms with Gasteiger partial charge in [-0.15, -0.1) is 0 Å². The molecular formula is C31H37N3O6S. The number of hydrogen-bond donors (Lipinski definition) is 3. The van der Waals surface area contributed by atoms with Gasteiger partial charge in [-0.3, -0.25) is 0 Å². The molecule has 0 saturated heterocycles. The number of nitriles is 1. The molecule has 9 nitrogen and oxygen atoms in total. The first kappa shape index (κ1) is 31.6. The van der Waals surface area contributed by atoms with Crippen molar-refractivity contribution in [3.63, 3.8) is 0 Å². The van der Waals surface area contributed by atoms with E-state index in [4.69, 9.17) is 10.00 Å². The van der Waals surface area contributed by atoms with E-state index in [2.05, 4.69) is 11.4 Å². The maximum absolute atomic E-state index is 13.9. The van der Waals surface area contributed by atoms with Gasteiger partial charge in [-0.2, -0.15) is 9.57 Å². The van der Waals surface area contributed by atoms with Crippen LogP contribution in [0.1, 0.15) is 37.8 Å². The molecule has 3 rings (SSSR count). The highest BCUT2D eigenvalue weighted by Gasteiger charge is 2.34. The number of carboxylic acid groups (broad SMARTS) is 1. The van der Waals surface area contributed by atoms with Crippen molar-refractivity contribution in [2.45, 2.75) is 56.8 Å². The Bertz CT molecular complexity index is 1390. The van der Waals surface area contributed by atoms with Crippen LogP contribution in [0.3, 0.4) is 0 Å². The number of sulfonamides is 1. The molecule has 0 fully saturated rings. The molecule has 218 valence electrons. The first-order chi connectivity index (χ1) is 19.5. The summed E-state index contributed by atoms with van der Waals surface area (Å²) in [5, 5.41) is 32.0. The number of rotatable bonds is 15. The molecule has 3 aromatic carbocycles. The zero-order valence-corrected chi connectivity index (χ0v) is 24.1. The third kappa shape index (κ3) is 9.90. The average molecular weight is 580 g/mol. The number of aliphatic hydroxyl groups excluding tert-OH is 1. The molecule has 0 aliphatic carbocycles. The Morgan fingerprint density at radius 3 is 2.15 bits per heavy atom. The second-order valence-corrected chi connectivity index (χ2v) is 12.6. The zero-order valence-electron chi connectivity index (χ0n) is 23.3. The summed E-state index contributed by atoms with van der Waals surface area (Å²) in [6, 6.07) is 25.9. The quantitative estimate of drug-likeness (QED) is 0.234. The lowest BCUT2D eigenvalue weighted by Crippen LogP contribution is -2.51. The van der Waals surface area contributed by atoms with E-state index >= 15 is 0 Å². The van der Waals surface area contributed by atoms with Crippen LogP contribution in [0, 0.1) is 16.7 Å². The Kier molecular flexibility index (Phi) is 11.3. The van der Waals surface area contributed by atoms with E-state index in [0.29, 0.717) is 18.8 Å². The van der Waals surface area contributed by atoms with Crippen LogP contribution in [0.4, 0.5) is 4.79 Å². The van der Waals surface area contributed by atoms with Crippen LogP contribution in [0.5, 0.6) is 5.75 Å². The summed E-state index contributed by atoms with van der Waals surface area (Å²) < 4.78 is 34.7. The molecule has 0 aromatic heterocycles. The molecule has 0 aliphatic heterocycles. The van der Waals surface area contributed by atoms with Crippen LogP contribution in [0.15, 0.2) is 89.8 Å². The molecule has 3 aromatic rings. The summed E-state index contributed by atoms with van der Waals surface area (Å²) in [6.07, 6.45) is -1.80. The molecule has 0 heterocycles. The third-order valence-corrected chi connectivity index (χ3v) is 8.52. The van der Waals surface area contributed by atoms with Crippen LogP contribution in [0.25, 0.3) is 0 Å². The molecule has 0 bridgehead atoms. The highest BCUT2D eigenvalue weighted by atomic mass is 32.2. The van der Waals surface area contributed by atoms with Crippen molar-refractivity contribution in [3.05, 3.63) is 96.1 Å². The minimum absolute atomic E-state index is 0.0126. The molecule has 0 unspecified atom stereocenters. The summed E-state index contributed by atoms with van der Waals surface area (Å²) in [5.74, 6) is 0.502. The third-order valence-electron chi connectivity index (χ3n) is 6.69. The van der Waals surface area contributed by atoms with Gasteiger partial charge in [-0.1, -0.05) is 74.5 Å². The molecule has 0 radical (unpaired) electrons. The van der Waals surface area contributed by atoms with Gasteiger partial charge in [0.2, 0.25) is 10.0 Å². The molecule has 1 amide bonds. The fraction of sp³-hybridized carbons (Fsp3) is 0.355. The molecular weight excluding hydrogens is 542 g/mol. The molecule has 2 atom stereocenters. The average Bonchev–Trinajstić information content (AvgIpc) is 2.95. The Morgan fingerprint density at radius 2 is 1.59 bits per heavy atom. The van der Waals surface area contributed by atoms with Crippen molar-refractivity contribution in [2.24, 2.45) is 5.41 Å². The van der Waals surface area contributed by atoms with E-state index in [1.165, 1.54) is 16.4 Å². The van der Waals surface area contributed by atoms with E-state index in [1.54, 1.807) is 24.3 Å². The van der Waals surface area contributed by atoms with E-state index in [9.17, 15) is 23.4 Å². The number of aliphatic hydroxyl groups is 1. The Morgan fingerprint density at radius 1 is 1.00 bits per heavy atom. The van der Waals surface area contributed by atoms with Crippen LogP contribution in [-0.4, -0.2) is 54.3 Å². The van der Waals surface area contributed by atoms with Crippen molar-refractivity contribution in [1.82, 2.24) is 9.62 Å². The lowest BCUT2D eigenvalue weighted by molar-refractivity contribution is 0.0908. The smallest absolute Gasteiger partial charge is 0.404 e. The summed E-state index contributed by atoms with van der Waals surface area (Å²) in [5.41, 5.74) is 1.18. The van der Waals surface area contributed by atoms with Crippen LogP contribution in [-0.2, 0) is 23.1 Å². The lowest BCUT2D eigenvalue weighted by Gasteiger charge is -2.34. The highest BCUT2D eigenvalue weighted by Crippen LogP contribution is 2.28. The van der Waals surface area contributed by atoms with Crippen LogP contribution in [0.2, 0.25) is 0 Å². The first-order valence-corrected chi connectivity index (χ1v) is 14.8. The zero-order chi connectivity index (χ0) is 29.9. The topological polar surface area (TPSA) is 140 Å². The number of benzene rings is 3. The number of ether oxygens (including phenoxy) is 1. The molecule has 3 N–H and O–H groups in total. The fourth-order valence-electron chi connectivity index (χ4n) is 4.44. The van der Waals surface area contributed by atoms with E-state index in [-0.39, 0.29) is 30.8 Å². The molecule has 0 spiro atoms.